The average molecular weight is 340 g/mol. The van der Waals surface area contributed by atoms with Gasteiger partial charge in [0.05, 0.1) is 0 Å². The second-order valence-corrected chi connectivity index (χ2v) is 5.31. The molecular weight excluding hydrogens is 328 g/mol. The smallest absolute Gasteiger partial charge is 0.251 e. The van der Waals surface area contributed by atoms with Crippen molar-refractivity contribution in [2.75, 3.05) is 0 Å². The summed E-state index contributed by atoms with van der Waals surface area (Å²) in [7, 11) is 0. The molecule has 2 aromatic rings. The summed E-state index contributed by atoms with van der Waals surface area (Å²) in [5, 5.41) is 2.68. The maximum absolute atomic E-state index is 13.0. The lowest BCUT2D eigenvalue weighted by molar-refractivity contribution is 0.0950. The Labute approximate surface area is 123 Å². The Morgan fingerprint density at radius 3 is 2.60 bits per heavy atom. The van der Waals surface area contributed by atoms with E-state index in [-0.39, 0.29) is 12.5 Å². The van der Waals surface area contributed by atoms with E-state index in [1.807, 2.05) is 19.1 Å². The summed E-state index contributed by atoms with van der Waals surface area (Å²) in [5.41, 5.74) is 1.89. The fourth-order valence-electron chi connectivity index (χ4n) is 1.77. The zero-order chi connectivity index (χ0) is 14.7. The molecule has 0 fully saturated rings. The third-order valence-electron chi connectivity index (χ3n) is 2.88. The minimum Gasteiger partial charge on any atom is -0.348 e. The molecule has 0 aliphatic rings. The van der Waals surface area contributed by atoms with Gasteiger partial charge in [-0.3, -0.25) is 4.79 Å². The lowest BCUT2D eigenvalue weighted by Crippen LogP contribution is -2.23. The lowest BCUT2D eigenvalue weighted by Gasteiger charge is -2.08. The zero-order valence-electron chi connectivity index (χ0n) is 10.7. The minimum atomic E-state index is -0.921. The van der Waals surface area contributed by atoms with Gasteiger partial charge < -0.3 is 5.32 Å². The number of carbonyl (C=O) groups excluding carboxylic acids is 1. The first-order chi connectivity index (χ1) is 9.47. The van der Waals surface area contributed by atoms with Gasteiger partial charge in [-0.05, 0) is 42.3 Å². The Morgan fingerprint density at radius 1 is 1.15 bits per heavy atom. The molecule has 0 radical (unpaired) electrons. The molecule has 0 saturated heterocycles. The molecule has 0 spiro atoms. The quantitative estimate of drug-likeness (QED) is 0.900. The summed E-state index contributed by atoms with van der Waals surface area (Å²) in [6, 6.07) is 8.95. The number of hydrogen-bond donors (Lipinski definition) is 1. The molecule has 0 heterocycles. The van der Waals surface area contributed by atoms with Gasteiger partial charge in [-0.15, -0.1) is 0 Å². The summed E-state index contributed by atoms with van der Waals surface area (Å²) < 4.78 is 26.6. The maximum Gasteiger partial charge on any atom is 0.251 e. The van der Waals surface area contributed by atoms with Crippen molar-refractivity contribution in [2.24, 2.45) is 0 Å². The van der Waals surface area contributed by atoms with E-state index in [1.165, 1.54) is 6.07 Å². The van der Waals surface area contributed by atoms with Crippen molar-refractivity contribution >= 4 is 21.8 Å². The van der Waals surface area contributed by atoms with Gasteiger partial charge in [0.2, 0.25) is 0 Å². The first-order valence-electron chi connectivity index (χ1n) is 5.95. The molecule has 0 saturated carbocycles. The third kappa shape index (κ3) is 3.42. The van der Waals surface area contributed by atoms with E-state index >= 15 is 0 Å². The van der Waals surface area contributed by atoms with E-state index in [2.05, 4.69) is 21.2 Å². The predicted molar refractivity (Wildman–Crippen MR) is 76.4 cm³/mol. The van der Waals surface area contributed by atoms with Gasteiger partial charge in [-0.25, -0.2) is 8.78 Å². The lowest BCUT2D eigenvalue weighted by atomic mass is 10.1. The molecule has 0 unspecified atom stereocenters. The number of nitrogens with one attached hydrogen (secondary N) is 1. The fourth-order valence-corrected chi connectivity index (χ4v) is 2.13. The second-order valence-electron chi connectivity index (χ2n) is 4.39. The van der Waals surface area contributed by atoms with Gasteiger partial charge in [0, 0.05) is 16.6 Å². The van der Waals surface area contributed by atoms with Gasteiger partial charge >= 0.3 is 0 Å². The van der Waals surface area contributed by atoms with E-state index < -0.39 is 11.6 Å². The summed E-state index contributed by atoms with van der Waals surface area (Å²) in [5.74, 6) is -2.08. The number of halogens is 3. The first kappa shape index (κ1) is 14.7. The van der Waals surface area contributed by atoms with Crippen LogP contribution in [-0.2, 0) is 6.54 Å². The van der Waals surface area contributed by atoms with Crippen LogP contribution in [-0.4, -0.2) is 5.91 Å². The van der Waals surface area contributed by atoms with Crippen LogP contribution in [0.25, 0.3) is 0 Å². The first-order valence-corrected chi connectivity index (χ1v) is 6.75. The summed E-state index contributed by atoms with van der Waals surface area (Å²) >= 11 is 3.31. The van der Waals surface area contributed by atoms with E-state index in [0.717, 1.165) is 22.2 Å². The van der Waals surface area contributed by atoms with Crippen molar-refractivity contribution in [3.05, 3.63) is 69.2 Å². The van der Waals surface area contributed by atoms with Crippen LogP contribution in [0.1, 0.15) is 21.5 Å². The largest absolute Gasteiger partial charge is 0.348 e. The summed E-state index contributed by atoms with van der Waals surface area (Å²) in [6.07, 6.45) is 0. The van der Waals surface area contributed by atoms with Gasteiger partial charge in [0.1, 0.15) is 0 Å². The molecule has 1 N–H and O–H groups in total. The Kier molecular flexibility index (Phi) is 4.49. The summed E-state index contributed by atoms with van der Waals surface area (Å²) in [6.45, 7) is 1.97. The molecule has 2 nitrogen and oxygen atoms in total. The van der Waals surface area contributed by atoms with Crippen molar-refractivity contribution in [2.45, 2.75) is 13.5 Å². The number of amides is 1. The Bertz CT molecular complexity index is 658. The van der Waals surface area contributed by atoms with Crippen LogP contribution in [0.4, 0.5) is 8.78 Å². The highest BCUT2D eigenvalue weighted by molar-refractivity contribution is 9.10. The van der Waals surface area contributed by atoms with E-state index in [4.69, 9.17) is 0 Å². The van der Waals surface area contributed by atoms with Crippen LogP contribution < -0.4 is 5.32 Å². The molecule has 2 aromatic carbocycles. The number of carbonyl (C=O) groups is 1. The highest BCUT2D eigenvalue weighted by atomic mass is 79.9. The van der Waals surface area contributed by atoms with Crippen molar-refractivity contribution in [1.29, 1.82) is 0 Å². The highest BCUT2D eigenvalue weighted by Gasteiger charge is 2.10. The Morgan fingerprint density at radius 2 is 1.90 bits per heavy atom. The van der Waals surface area contributed by atoms with Crippen LogP contribution in [0.5, 0.6) is 0 Å². The number of rotatable bonds is 3. The molecule has 104 valence electrons. The SMILES string of the molecule is Cc1ccc(Br)cc1C(=O)NCc1ccc(F)c(F)c1. The van der Waals surface area contributed by atoms with Crippen LogP contribution in [0.3, 0.4) is 0 Å². The van der Waals surface area contributed by atoms with Crippen molar-refractivity contribution in [1.82, 2.24) is 5.32 Å². The normalized spacial score (nSPS) is 10.4. The standard InChI is InChI=1S/C15H12BrF2NO/c1-9-2-4-11(16)7-12(9)15(20)19-8-10-3-5-13(17)14(18)6-10/h2-7H,8H2,1H3,(H,19,20). The highest BCUT2D eigenvalue weighted by Crippen LogP contribution is 2.16. The summed E-state index contributed by atoms with van der Waals surface area (Å²) in [4.78, 5) is 12.0. The maximum atomic E-state index is 13.0. The number of hydrogen-bond acceptors (Lipinski definition) is 1. The van der Waals surface area contributed by atoms with Crippen LogP contribution in [0.2, 0.25) is 0 Å². The van der Waals surface area contributed by atoms with Crippen molar-refractivity contribution in [3.63, 3.8) is 0 Å². The van der Waals surface area contributed by atoms with Crippen LogP contribution in [0, 0.1) is 18.6 Å². The third-order valence-corrected chi connectivity index (χ3v) is 3.37. The molecule has 0 bridgehead atoms. The number of benzene rings is 2. The topological polar surface area (TPSA) is 29.1 Å². The molecule has 0 aliphatic heterocycles. The molecule has 5 heteroatoms. The minimum absolute atomic E-state index is 0.141. The monoisotopic (exact) mass is 339 g/mol. The molecule has 0 aromatic heterocycles. The Hall–Kier alpha value is -1.75. The number of aryl methyl sites for hydroxylation is 1. The molecule has 2 rings (SSSR count). The van der Waals surface area contributed by atoms with Crippen molar-refractivity contribution in [3.8, 4) is 0 Å². The van der Waals surface area contributed by atoms with Gasteiger partial charge in [0.15, 0.2) is 11.6 Å². The zero-order valence-corrected chi connectivity index (χ0v) is 12.3. The Balaban J connectivity index is 2.08. The molecule has 0 aliphatic carbocycles. The van der Waals surface area contributed by atoms with Gasteiger partial charge in [-0.2, -0.15) is 0 Å². The van der Waals surface area contributed by atoms with E-state index in [0.29, 0.717) is 11.1 Å². The van der Waals surface area contributed by atoms with E-state index in [1.54, 1.807) is 6.07 Å². The molecule has 20 heavy (non-hydrogen) atoms. The fraction of sp³-hybridized carbons (Fsp3) is 0.133. The van der Waals surface area contributed by atoms with Crippen LogP contribution in [0.15, 0.2) is 40.9 Å². The van der Waals surface area contributed by atoms with Crippen molar-refractivity contribution < 1.29 is 13.6 Å². The van der Waals surface area contributed by atoms with Gasteiger partial charge in [0.25, 0.3) is 5.91 Å². The van der Waals surface area contributed by atoms with E-state index in [9.17, 15) is 13.6 Å². The molecule has 0 atom stereocenters. The second kappa shape index (κ2) is 6.13. The average Bonchev–Trinajstić information content (AvgIpc) is 2.42. The molecule has 1 amide bonds. The predicted octanol–water partition coefficient (Wildman–Crippen LogP) is 3.97. The van der Waals surface area contributed by atoms with Gasteiger partial charge in [-0.1, -0.05) is 28.1 Å². The van der Waals surface area contributed by atoms with Crippen LogP contribution >= 0.6 is 15.9 Å². The molecular formula is C15H12BrF2NO.